The average Bonchev–Trinajstić information content (AvgIpc) is 2.42. The molecule has 0 spiro atoms. The Hall–Kier alpha value is -1.88. The van der Waals surface area contributed by atoms with E-state index in [1.54, 1.807) is 0 Å². The summed E-state index contributed by atoms with van der Waals surface area (Å²) >= 11 is 0. The van der Waals surface area contributed by atoms with E-state index >= 15 is 0 Å². The third kappa shape index (κ3) is 5.01. The lowest BCUT2D eigenvalue weighted by atomic mass is 10.0. The van der Waals surface area contributed by atoms with Crippen LogP contribution in [0.25, 0.3) is 0 Å². The molecule has 0 saturated heterocycles. The SMILES string of the molecule is CC(C)C(NC(=O)CCC(N)c1ccccc1)C(N)=O. The molecule has 1 rings (SSSR count). The van der Waals surface area contributed by atoms with Crippen LogP contribution in [0.3, 0.4) is 0 Å². The Labute approximate surface area is 119 Å². The van der Waals surface area contributed by atoms with Gasteiger partial charge in [0.1, 0.15) is 6.04 Å². The summed E-state index contributed by atoms with van der Waals surface area (Å²) in [7, 11) is 0. The summed E-state index contributed by atoms with van der Waals surface area (Å²) in [5.41, 5.74) is 12.3. The number of hydrogen-bond acceptors (Lipinski definition) is 3. The lowest BCUT2D eigenvalue weighted by molar-refractivity contribution is -0.128. The van der Waals surface area contributed by atoms with Crippen LogP contribution in [-0.4, -0.2) is 17.9 Å². The Kier molecular flexibility index (Phi) is 6.18. The van der Waals surface area contributed by atoms with Crippen molar-refractivity contribution in [3.05, 3.63) is 35.9 Å². The molecule has 0 aliphatic rings. The quantitative estimate of drug-likeness (QED) is 0.695. The van der Waals surface area contributed by atoms with Gasteiger partial charge in [-0.15, -0.1) is 0 Å². The largest absolute Gasteiger partial charge is 0.368 e. The van der Waals surface area contributed by atoms with E-state index in [1.807, 2.05) is 44.2 Å². The molecule has 5 nitrogen and oxygen atoms in total. The normalized spacial score (nSPS) is 13.8. The molecular formula is C15H23N3O2. The summed E-state index contributed by atoms with van der Waals surface area (Å²) < 4.78 is 0. The predicted octanol–water partition coefficient (Wildman–Crippen LogP) is 1.09. The van der Waals surface area contributed by atoms with Crippen molar-refractivity contribution in [2.45, 2.75) is 38.8 Å². The lowest BCUT2D eigenvalue weighted by Crippen LogP contribution is -2.47. The number of nitrogens with two attached hydrogens (primary N) is 2. The minimum Gasteiger partial charge on any atom is -0.368 e. The molecule has 1 aromatic rings. The number of primary amides is 1. The maximum Gasteiger partial charge on any atom is 0.240 e. The molecule has 0 heterocycles. The van der Waals surface area contributed by atoms with E-state index in [1.165, 1.54) is 0 Å². The van der Waals surface area contributed by atoms with Crippen molar-refractivity contribution in [1.29, 1.82) is 0 Å². The number of hydrogen-bond donors (Lipinski definition) is 3. The summed E-state index contributed by atoms with van der Waals surface area (Å²) in [6, 6.07) is 8.80. The van der Waals surface area contributed by atoms with E-state index in [2.05, 4.69) is 5.32 Å². The van der Waals surface area contributed by atoms with Gasteiger partial charge in [-0.25, -0.2) is 0 Å². The first-order valence-corrected chi connectivity index (χ1v) is 6.81. The van der Waals surface area contributed by atoms with Crippen molar-refractivity contribution >= 4 is 11.8 Å². The van der Waals surface area contributed by atoms with Crippen molar-refractivity contribution in [2.75, 3.05) is 0 Å². The fourth-order valence-electron chi connectivity index (χ4n) is 1.97. The van der Waals surface area contributed by atoms with Crippen LogP contribution in [0.1, 0.15) is 38.3 Å². The molecule has 1 aromatic carbocycles. The van der Waals surface area contributed by atoms with Crippen LogP contribution in [0, 0.1) is 5.92 Å². The Morgan fingerprint density at radius 3 is 2.30 bits per heavy atom. The zero-order valence-corrected chi connectivity index (χ0v) is 12.0. The van der Waals surface area contributed by atoms with Gasteiger partial charge in [0.15, 0.2) is 0 Å². The molecule has 110 valence electrons. The van der Waals surface area contributed by atoms with Gasteiger partial charge in [-0.1, -0.05) is 44.2 Å². The molecule has 0 bridgehead atoms. The second-order valence-corrected chi connectivity index (χ2v) is 5.25. The van der Waals surface area contributed by atoms with Crippen molar-refractivity contribution < 1.29 is 9.59 Å². The van der Waals surface area contributed by atoms with E-state index in [4.69, 9.17) is 11.5 Å². The molecule has 0 aliphatic carbocycles. The molecular weight excluding hydrogens is 254 g/mol. The first kappa shape index (κ1) is 16.2. The maximum atomic E-state index is 11.8. The molecule has 0 aromatic heterocycles. The van der Waals surface area contributed by atoms with Gasteiger partial charge in [0, 0.05) is 12.5 Å². The van der Waals surface area contributed by atoms with Crippen LogP contribution < -0.4 is 16.8 Å². The van der Waals surface area contributed by atoms with E-state index in [9.17, 15) is 9.59 Å². The Morgan fingerprint density at radius 1 is 1.20 bits per heavy atom. The van der Waals surface area contributed by atoms with Crippen molar-refractivity contribution in [2.24, 2.45) is 17.4 Å². The molecule has 0 aliphatic heterocycles. The predicted molar refractivity (Wildman–Crippen MR) is 78.6 cm³/mol. The van der Waals surface area contributed by atoms with Crippen molar-refractivity contribution in [1.82, 2.24) is 5.32 Å². The first-order valence-electron chi connectivity index (χ1n) is 6.81. The smallest absolute Gasteiger partial charge is 0.240 e. The van der Waals surface area contributed by atoms with E-state index < -0.39 is 11.9 Å². The van der Waals surface area contributed by atoms with Crippen LogP contribution in [0.2, 0.25) is 0 Å². The Balaban J connectivity index is 2.45. The van der Waals surface area contributed by atoms with Gasteiger partial charge in [-0.2, -0.15) is 0 Å². The highest BCUT2D eigenvalue weighted by Crippen LogP contribution is 2.15. The second-order valence-electron chi connectivity index (χ2n) is 5.25. The highest BCUT2D eigenvalue weighted by Gasteiger charge is 2.21. The molecule has 0 saturated carbocycles. The number of nitrogens with one attached hydrogen (secondary N) is 1. The molecule has 0 fully saturated rings. The number of carbonyl (C=O) groups excluding carboxylic acids is 2. The van der Waals surface area contributed by atoms with Gasteiger partial charge in [0.25, 0.3) is 0 Å². The highest BCUT2D eigenvalue weighted by molar-refractivity contribution is 5.86. The number of rotatable bonds is 7. The van der Waals surface area contributed by atoms with E-state index in [0.29, 0.717) is 6.42 Å². The monoisotopic (exact) mass is 277 g/mol. The fraction of sp³-hybridized carbons (Fsp3) is 0.467. The van der Waals surface area contributed by atoms with Crippen LogP contribution >= 0.6 is 0 Å². The molecule has 5 N–H and O–H groups in total. The van der Waals surface area contributed by atoms with Crippen molar-refractivity contribution in [3.8, 4) is 0 Å². The third-order valence-corrected chi connectivity index (χ3v) is 3.20. The topological polar surface area (TPSA) is 98.2 Å². The number of carbonyl (C=O) groups is 2. The standard InChI is InChI=1S/C15H23N3O2/c1-10(2)14(15(17)20)18-13(19)9-8-12(16)11-6-4-3-5-7-11/h3-7,10,12,14H,8-9,16H2,1-2H3,(H2,17,20)(H,18,19). The summed E-state index contributed by atoms with van der Waals surface area (Å²) in [6.07, 6.45) is 0.798. The van der Waals surface area contributed by atoms with Gasteiger partial charge in [0.05, 0.1) is 0 Å². The Morgan fingerprint density at radius 2 is 1.80 bits per heavy atom. The molecule has 2 unspecified atom stereocenters. The summed E-state index contributed by atoms with van der Waals surface area (Å²) in [5.74, 6) is -0.742. The Bertz CT molecular complexity index is 446. The first-order chi connectivity index (χ1) is 9.41. The van der Waals surface area contributed by atoms with E-state index in [0.717, 1.165) is 5.56 Å². The summed E-state index contributed by atoms with van der Waals surface area (Å²) in [6.45, 7) is 3.68. The zero-order chi connectivity index (χ0) is 15.1. The zero-order valence-electron chi connectivity index (χ0n) is 12.0. The minimum atomic E-state index is -0.629. The van der Waals surface area contributed by atoms with Gasteiger partial charge >= 0.3 is 0 Å². The van der Waals surface area contributed by atoms with Crippen LogP contribution in [-0.2, 0) is 9.59 Å². The van der Waals surface area contributed by atoms with Gasteiger partial charge < -0.3 is 16.8 Å². The molecule has 2 amide bonds. The molecule has 20 heavy (non-hydrogen) atoms. The highest BCUT2D eigenvalue weighted by atomic mass is 16.2. The van der Waals surface area contributed by atoms with Crippen LogP contribution in [0.15, 0.2) is 30.3 Å². The van der Waals surface area contributed by atoms with Gasteiger partial charge in [-0.3, -0.25) is 9.59 Å². The minimum absolute atomic E-state index is 0.0285. The molecule has 5 heteroatoms. The van der Waals surface area contributed by atoms with Crippen molar-refractivity contribution in [3.63, 3.8) is 0 Å². The van der Waals surface area contributed by atoms with E-state index in [-0.39, 0.29) is 24.3 Å². The van der Waals surface area contributed by atoms with Crippen LogP contribution in [0.4, 0.5) is 0 Å². The summed E-state index contributed by atoms with van der Waals surface area (Å²) in [4.78, 5) is 23.0. The van der Waals surface area contributed by atoms with Gasteiger partial charge in [-0.05, 0) is 17.9 Å². The third-order valence-electron chi connectivity index (χ3n) is 3.20. The second kappa shape index (κ2) is 7.65. The maximum absolute atomic E-state index is 11.8. The summed E-state index contributed by atoms with van der Waals surface area (Å²) in [5, 5.41) is 2.65. The van der Waals surface area contributed by atoms with Gasteiger partial charge in [0.2, 0.25) is 11.8 Å². The fourth-order valence-corrected chi connectivity index (χ4v) is 1.97. The molecule has 2 atom stereocenters. The number of amides is 2. The number of benzene rings is 1. The average molecular weight is 277 g/mol. The lowest BCUT2D eigenvalue weighted by Gasteiger charge is -2.19. The molecule has 0 radical (unpaired) electrons. The van der Waals surface area contributed by atoms with Crippen LogP contribution in [0.5, 0.6) is 0 Å².